The number of aromatic nitrogens is 2. The van der Waals surface area contributed by atoms with E-state index in [1.165, 1.54) is 0 Å². The van der Waals surface area contributed by atoms with E-state index in [-0.39, 0.29) is 11.9 Å². The Bertz CT molecular complexity index is 1110. The number of para-hydroxylation sites is 1. The molecule has 168 valence electrons. The molecular weight excluding hydrogens is 445 g/mol. The summed E-state index contributed by atoms with van der Waals surface area (Å²) in [7, 11) is 3.98. The van der Waals surface area contributed by atoms with Crippen molar-refractivity contribution < 1.29 is 4.79 Å². The fourth-order valence-corrected chi connectivity index (χ4v) is 4.56. The van der Waals surface area contributed by atoms with Gasteiger partial charge < -0.3 is 15.5 Å². The van der Waals surface area contributed by atoms with Crippen molar-refractivity contribution in [3.63, 3.8) is 0 Å². The lowest BCUT2D eigenvalue weighted by Gasteiger charge is -2.29. The summed E-state index contributed by atoms with van der Waals surface area (Å²) in [6.07, 6.45) is 3.90. The number of carbonyl (C=O) groups is 1. The van der Waals surface area contributed by atoms with Crippen molar-refractivity contribution >= 4 is 51.8 Å². The van der Waals surface area contributed by atoms with Gasteiger partial charge in [-0.1, -0.05) is 41.4 Å². The molecule has 1 aromatic heterocycles. The lowest BCUT2D eigenvalue weighted by Crippen LogP contribution is -2.38. The van der Waals surface area contributed by atoms with Crippen molar-refractivity contribution in [3.8, 4) is 0 Å². The van der Waals surface area contributed by atoms with Crippen LogP contribution in [0.2, 0.25) is 10.0 Å². The number of halogens is 2. The van der Waals surface area contributed by atoms with Crippen molar-refractivity contribution in [2.45, 2.75) is 31.7 Å². The third kappa shape index (κ3) is 5.08. The van der Waals surface area contributed by atoms with E-state index in [2.05, 4.69) is 15.6 Å². The molecule has 2 N–H and O–H groups in total. The smallest absolute Gasteiger partial charge is 0.253 e. The van der Waals surface area contributed by atoms with Gasteiger partial charge in [-0.25, -0.2) is 4.98 Å². The lowest BCUT2D eigenvalue weighted by atomic mass is 9.86. The number of nitrogens with one attached hydrogen (secondary N) is 2. The summed E-state index contributed by atoms with van der Waals surface area (Å²) in [5.74, 6) is 1.90. The molecule has 1 saturated carbocycles. The van der Waals surface area contributed by atoms with Crippen LogP contribution in [-0.4, -0.2) is 42.6 Å². The first kappa shape index (κ1) is 22.6. The highest BCUT2D eigenvalue weighted by Gasteiger charge is 2.24. The molecule has 6 nitrogen and oxygen atoms in total. The van der Waals surface area contributed by atoms with Crippen molar-refractivity contribution in [2.24, 2.45) is 5.92 Å². The van der Waals surface area contributed by atoms with Crippen molar-refractivity contribution in [1.82, 2.24) is 15.3 Å². The Balaban J connectivity index is 1.32. The van der Waals surface area contributed by atoms with Crippen molar-refractivity contribution in [2.75, 3.05) is 30.9 Å². The molecule has 2 aromatic carbocycles. The summed E-state index contributed by atoms with van der Waals surface area (Å²) in [6.45, 7) is 0.812. The summed E-state index contributed by atoms with van der Waals surface area (Å²) in [6, 6.07) is 13.3. The molecule has 0 spiro atoms. The second-order valence-corrected chi connectivity index (χ2v) is 9.24. The van der Waals surface area contributed by atoms with E-state index in [0.717, 1.165) is 48.9 Å². The Labute approximate surface area is 198 Å². The Morgan fingerprint density at radius 2 is 1.78 bits per heavy atom. The maximum atomic E-state index is 12.6. The molecule has 0 radical (unpaired) electrons. The van der Waals surface area contributed by atoms with E-state index >= 15 is 0 Å². The minimum absolute atomic E-state index is 0.145. The van der Waals surface area contributed by atoms with Crippen LogP contribution >= 0.6 is 23.2 Å². The lowest BCUT2D eigenvalue weighted by molar-refractivity contribution is 0.0923. The second-order valence-electron chi connectivity index (χ2n) is 8.46. The summed E-state index contributed by atoms with van der Waals surface area (Å²) in [4.78, 5) is 24.0. The van der Waals surface area contributed by atoms with Crippen LogP contribution in [-0.2, 0) is 0 Å². The number of benzene rings is 2. The van der Waals surface area contributed by atoms with E-state index in [4.69, 9.17) is 28.2 Å². The molecule has 1 fully saturated rings. The van der Waals surface area contributed by atoms with Crippen LogP contribution in [0.3, 0.4) is 0 Å². The normalized spacial score (nSPS) is 18.4. The quantitative estimate of drug-likeness (QED) is 0.503. The van der Waals surface area contributed by atoms with Gasteiger partial charge in [-0.05, 0) is 55.9 Å². The molecule has 0 atom stereocenters. The molecule has 1 aliphatic rings. The maximum absolute atomic E-state index is 12.6. The number of nitrogens with zero attached hydrogens (tertiary/aromatic N) is 3. The first-order chi connectivity index (χ1) is 15.4. The van der Waals surface area contributed by atoms with Gasteiger partial charge in [-0.3, -0.25) is 4.79 Å². The van der Waals surface area contributed by atoms with Crippen LogP contribution in [0.1, 0.15) is 36.0 Å². The second kappa shape index (κ2) is 9.92. The van der Waals surface area contributed by atoms with Gasteiger partial charge in [-0.15, -0.1) is 0 Å². The molecule has 0 aliphatic heterocycles. The van der Waals surface area contributed by atoms with Crippen LogP contribution in [0.25, 0.3) is 10.9 Å². The zero-order valence-corrected chi connectivity index (χ0v) is 19.7. The Kier molecular flexibility index (Phi) is 7.01. The number of hydrogen-bond donors (Lipinski definition) is 2. The fraction of sp³-hybridized carbons (Fsp3) is 0.375. The van der Waals surface area contributed by atoms with Gasteiger partial charge in [0, 0.05) is 32.1 Å². The van der Waals surface area contributed by atoms with Crippen LogP contribution in [0.15, 0.2) is 42.5 Å². The number of hydrogen-bond acceptors (Lipinski definition) is 5. The van der Waals surface area contributed by atoms with E-state index < -0.39 is 0 Å². The zero-order chi connectivity index (χ0) is 22.7. The Hall–Kier alpha value is -2.57. The molecular formula is C24H27Cl2N5O. The fourth-order valence-electron chi connectivity index (χ4n) is 4.17. The summed E-state index contributed by atoms with van der Waals surface area (Å²) < 4.78 is 0. The SMILES string of the molecule is CN(C)c1nc(NCC2CCC(NC(=O)c3cccc(Cl)c3Cl)CC2)nc2ccccc12. The average Bonchev–Trinajstić information content (AvgIpc) is 2.79. The van der Waals surface area contributed by atoms with Crippen LogP contribution in [0, 0.1) is 5.92 Å². The van der Waals surface area contributed by atoms with Gasteiger partial charge in [0.15, 0.2) is 0 Å². The van der Waals surface area contributed by atoms with Gasteiger partial charge in [0.1, 0.15) is 5.82 Å². The molecule has 0 unspecified atom stereocenters. The Morgan fingerprint density at radius 3 is 2.53 bits per heavy atom. The molecule has 0 bridgehead atoms. The van der Waals surface area contributed by atoms with E-state index in [1.54, 1.807) is 18.2 Å². The number of anilines is 2. The topological polar surface area (TPSA) is 70.2 Å². The van der Waals surface area contributed by atoms with Gasteiger partial charge in [0.05, 0.1) is 21.1 Å². The molecule has 8 heteroatoms. The largest absolute Gasteiger partial charge is 0.362 e. The van der Waals surface area contributed by atoms with E-state index in [1.807, 2.05) is 43.3 Å². The minimum atomic E-state index is -0.167. The highest BCUT2D eigenvalue weighted by Crippen LogP contribution is 2.28. The van der Waals surface area contributed by atoms with Crippen molar-refractivity contribution in [3.05, 3.63) is 58.1 Å². The van der Waals surface area contributed by atoms with Crippen LogP contribution < -0.4 is 15.5 Å². The number of amides is 1. The molecule has 1 aliphatic carbocycles. The highest BCUT2D eigenvalue weighted by molar-refractivity contribution is 6.43. The molecule has 1 heterocycles. The summed E-state index contributed by atoms with van der Waals surface area (Å²) in [5, 5.41) is 8.27. The molecule has 1 amide bonds. The summed E-state index contributed by atoms with van der Waals surface area (Å²) >= 11 is 12.2. The molecule has 0 saturated heterocycles. The molecule has 4 rings (SSSR count). The van der Waals surface area contributed by atoms with Crippen molar-refractivity contribution in [1.29, 1.82) is 0 Å². The van der Waals surface area contributed by atoms with Gasteiger partial charge in [-0.2, -0.15) is 4.98 Å². The highest BCUT2D eigenvalue weighted by atomic mass is 35.5. The predicted octanol–water partition coefficient (Wildman–Crippen LogP) is 5.40. The van der Waals surface area contributed by atoms with Gasteiger partial charge in [0.2, 0.25) is 5.95 Å². The minimum Gasteiger partial charge on any atom is -0.362 e. The first-order valence-corrected chi connectivity index (χ1v) is 11.6. The number of fused-ring (bicyclic) bond motifs is 1. The first-order valence-electron chi connectivity index (χ1n) is 10.8. The third-order valence-corrected chi connectivity index (χ3v) is 6.75. The maximum Gasteiger partial charge on any atom is 0.253 e. The van der Waals surface area contributed by atoms with Gasteiger partial charge in [0.25, 0.3) is 5.91 Å². The van der Waals surface area contributed by atoms with Gasteiger partial charge >= 0.3 is 0 Å². The standard InChI is InChI=1S/C24H27Cl2N5O/c1-31(2)22-17-6-3-4-9-20(17)29-24(30-22)27-14-15-10-12-16(13-11-15)28-23(32)18-7-5-8-19(25)21(18)26/h3-9,15-16H,10-14H2,1-2H3,(H,28,32)(H,27,29,30). The number of rotatable bonds is 6. The average molecular weight is 472 g/mol. The van der Waals surface area contributed by atoms with Crippen LogP contribution in [0.5, 0.6) is 0 Å². The molecule has 32 heavy (non-hydrogen) atoms. The number of carbonyl (C=O) groups excluding carboxylic acids is 1. The predicted molar refractivity (Wildman–Crippen MR) is 132 cm³/mol. The van der Waals surface area contributed by atoms with Crippen LogP contribution in [0.4, 0.5) is 11.8 Å². The monoisotopic (exact) mass is 471 g/mol. The van der Waals surface area contributed by atoms with E-state index in [0.29, 0.717) is 27.5 Å². The Morgan fingerprint density at radius 1 is 1.03 bits per heavy atom. The third-order valence-electron chi connectivity index (χ3n) is 5.93. The summed E-state index contributed by atoms with van der Waals surface area (Å²) in [5.41, 5.74) is 1.35. The molecule has 3 aromatic rings. The van der Waals surface area contributed by atoms with E-state index in [9.17, 15) is 4.79 Å². The zero-order valence-electron chi connectivity index (χ0n) is 18.2.